The van der Waals surface area contributed by atoms with Gasteiger partial charge in [0.15, 0.2) is 0 Å². The van der Waals surface area contributed by atoms with Gasteiger partial charge in [0.25, 0.3) is 0 Å². The second-order valence-corrected chi connectivity index (χ2v) is 9.19. The topological polar surface area (TPSA) is 119 Å². The lowest BCUT2D eigenvalue weighted by Crippen LogP contribution is -2.48. The molecular weight excluding hydrogens is 452 g/mol. The van der Waals surface area contributed by atoms with Gasteiger partial charge in [-0.25, -0.2) is 4.98 Å². The fourth-order valence-corrected chi connectivity index (χ4v) is 4.50. The van der Waals surface area contributed by atoms with Crippen LogP contribution in [0.3, 0.4) is 0 Å². The molecule has 8 heteroatoms. The quantitative estimate of drug-likeness (QED) is 0.443. The van der Waals surface area contributed by atoms with Crippen LogP contribution in [-0.2, 0) is 4.79 Å². The summed E-state index contributed by atoms with van der Waals surface area (Å²) in [4.78, 5) is 21.7. The number of phenolic OH excluding ortho intramolecular Hbond substituents is 1. The van der Waals surface area contributed by atoms with Crippen LogP contribution in [0.1, 0.15) is 12.0 Å². The summed E-state index contributed by atoms with van der Waals surface area (Å²) in [5.41, 5.74) is 10.8. The Morgan fingerprint density at radius 3 is 2.53 bits per heavy atom. The molecule has 2 aliphatic rings. The van der Waals surface area contributed by atoms with Crippen molar-refractivity contribution in [1.82, 2.24) is 14.8 Å². The van der Waals surface area contributed by atoms with E-state index in [0.29, 0.717) is 29.1 Å². The van der Waals surface area contributed by atoms with E-state index in [1.807, 2.05) is 24.3 Å². The summed E-state index contributed by atoms with van der Waals surface area (Å²) in [6.07, 6.45) is 3.42. The molecule has 8 nitrogen and oxygen atoms in total. The van der Waals surface area contributed by atoms with Crippen molar-refractivity contribution in [1.29, 1.82) is 5.26 Å². The van der Waals surface area contributed by atoms with Crippen LogP contribution < -0.4 is 11.1 Å². The highest BCUT2D eigenvalue weighted by atomic mass is 16.3. The Morgan fingerprint density at radius 1 is 1.06 bits per heavy atom. The second kappa shape index (κ2) is 10.2. The zero-order valence-electron chi connectivity index (χ0n) is 19.9. The molecule has 2 aromatic carbocycles. The number of nitriles is 1. The number of nitrogens with one attached hydrogen (secondary N) is 1. The fraction of sp³-hybridized carbons (Fsp3) is 0.250. The van der Waals surface area contributed by atoms with Gasteiger partial charge in [-0.15, -0.1) is 0 Å². The normalized spacial score (nSPS) is 15.7. The highest BCUT2D eigenvalue weighted by Crippen LogP contribution is 2.35. The molecule has 1 aliphatic heterocycles. The standard InChI is InChI=1S/C28H28N6O2/c29-16-24-23(15-25(32-28(24)30)22-6-1-2-7-26(22)35)20-4-3-5-21(14-20)31-27(36)18-34-12-10-33(11-13-34)17-19-8-9-19/h1-8,14-15,35H,9-13,17-18H2,(H2,30,32)(H,31,36). The molecule has 0 saturated carbocycles. The summed E-state index contributed by atoms with van der Waals surface area (Å²) in [5, 5.41) is 23.0. The third-order valence-corrected chi connectivity index (χ3v) is 6.55. The number of hydrogen-bond donors (Lipinski definition) is 3. The number of piperazine rings is 1. The van der Waals surface area contributed by atoms with Crippen molar-refractivity contribution < 1.29 is 9.90 Å². The maximum atomic E-state index is 12.8. The van der Waals surface area contributed by atoms with E-state index in [1.54, 1.807) is 30.3 Å². The summed E-state index contributed by atoms with van der Waals surface area (Å²) in [6, 6.07) is 18.0. The number of nitrogens with zero attached hydrogens (tertiary/aromatic N) is 4. The molecule has 36 heavy (non-hydrogen) atoms. The number of hydrogen-bond acceptors (Lipinski definition) is 7. The van der Waals surface area contributed by atoms with E-state index < -0.39 is 0 Å². The summed E-state index contributed by atoms with van der Waals surface area (Å²) >= 11 is 0. The minimum Gasteiger partial charge on any atom is -0.507 e. The monoisotopic (exact) mass is 480 g/mol. The number of anilines is 2. The number of aromatic nitrogens is 1. The third-order valence-electron chi connectivity index (χ3n) is 6.55. The molecule has 1 fully saturated rings. The van der Waals surface area contributed by atoms with Crippen LogP contribution in [0.5, 0.6) is 5.75 Å². The van der Waals surface area contributed by atoms with E-state index in [-0.39, 0.29) is 23.0 Å². The van der Waals surface area contributed by atoms with Gasteiger partial charge in [0.1, 0.15) is 23.2 Å². The van der Waals surface area contributed by atoms with E-state index in [2.05, 4.69) is 32.2 Å². The molecule has 1 amide bonds. The van der Waals surface area contributed by atoms with Crippen LogP contribution in [0.2, 0.25) is 0 Å². The average molecular weight is 481 g/mol. The number of benzene rings is 2. The molecule has 0 spiro atoms. The van der Waals surface area contributed by atoms with Gasteiger partial charge in [-0.1, -0.05) is 35.9 Å². The van der Waals surface area contributed by atoms with E-state index in [4.69, 9.17) is 5.73 Å². The van der Waals surface area contributed by atoms with Crippen molar-refractivity contribution in [3.05, 3.63) is 71.8 Å². The van der Waals surface area contributed by atoms with Gasteiger partial charge in [-0.05, 0) is 42.3 Å². The molecule has 0 unspecified atom stereocenters. The molecule has 1 aromatic heterocycles. The van der Waals surface area contributed by atoms with Crippen LogP contribution in [0.25, 0.3) is 22.4 Å². The predicted molar refractivity (Wildman–Crippen MR) is 140 cm³/mol. The van der Waals surface area contributed by atoms with E-state index in [0.717, 1.165) is 44.7 Å². The highest BCUT2D eigenvalue weighted by molar-refractivity contribution is 5.93. The van der Waals surface area contributed by atoms with E-state index >= 15 is 0 Å². The summed E-state index contributed by atoms with van der Waals surface area (Å²) < 4.78 is 0. The number of phenols is 1. The van der Waals surface area contributed by atoms with Crippen molar-refractivity contribution >= 4 is 17.4 Å². The number of para-hydroxylation sites is 1. The van der Waals surface area contributed by atoms with Crippen molar-refractivity contribution in [3.8, 4) is 34.2 Å². The molecule has 1 saturated heterocycles. The van der Waals surface area contributed by atoms with Gasteiger partial charge in [0.2, 0.25) is 5.91 Å². The first-order valence-electron chi connectivity index (χ1n) is 12.0. The van der Waals surface area contributed by atoms with E-state index in [9.17, 15) is 15.2 Å². The number of rotatable bonds is 7. The lowest BCUT2D eigenvalue weighted by Gasteiger charge is -2.33. The minimum atomic E-state index is -0.0739. The lowest BCUT2D eigenvalue weighted by molar-refractivity contribution is -0.117. The number of amides is 1. The Balaban J connectivity index is 1.31. The number of nitrogen functional groups attached to an aromatic ring is 1. The van der Waals surface area contributed by atoms with Crippen LogP contribution in [-0.4, -0.2) is 65.1 Å². The number of carbonyl (C=O) groups excluding carboxylic acids is 1. The molecule has 5 rings (SSSR count). The summed E-state index contributed by atoms with van der Waals surface area (Å²) in [7, 11) is 0. The van der Waals surface area contributed by atoms with Gasteiger partial charge >= 0.3 is 0 Å². The Kier molecular flexibility index (Phi) is 6.67. The Hall–Kier alpha value is -4.19. The maximum absolute atomic E-state index is 12.8. The predicted octanol–water partition coefficient (Wildman–Crippen LogP) is 3.46. The van der Waals surface area contributed by atoms with Crippen LogP contribution in [0.4, 0.5) is 11.5 Å². The lowest BCUT2D eigenvalue weighted by atomic mass is 9.98. The van der Waals surface area contributed by atoms with Crippen LogP contribution in [0.15, 0.2) is 66.2 Å². The molecule has 0 bridgehead atoms. The van der Waals surface area contributed by atoms with Gasteiger partial charge in [-0.3, -0.25) is 14.6 Å². The van der Waals surface area contributed by atoms with Gasteiger partial charge in [0.05, 0.1) is 12.2 Å². The first-order valence-corrected chi connectivity index (χ1v) is 12.0. The minimum absolute atomic E-state index is 0.0739. The number of nitrogens with two attached hydrogens (primary N) is 1. The summed E-state index contributed by atoms with van der Waals surface area (Å²) in [5.74, 6) is 0.0847. The largest absolute Gasteiger partial charge is 0.507 e. The molecule has 3 aromatic rings. The van der Waals surface area contributed by atoms with Crippen molar-refractivity contribution in [2.24, 2.45) is 0 Å². The molecule has 4 N–H and O–H groups in total. The molecule has 182 valence electrons. The van der Waals surface area contributed by atoms with Gasteiger partial charge in [0, 0.05) is 49.5 Å². The number of aromatic hydroxyl groups is 1. The number of pyridine rings is 1. The average Bonchev–Trinajstić information content (AvgIpc) is 3.69. The molecule has 0 radical (unpaired) electrons. The van der Waals surface area contributed by atoms with E-state index in [1.165, 1.54) is 5.57 Å². The Bertz CT molecular complexity index is 1370. The summed E-state index contributed by atoms with van der Waals surface area (Å²) in [6.45, 7) is 5.08. The smallest absolute Gasteiger partial charge is 0.238 e. The zero-order valence-corrected chi connectivity index (χ0v) is 19.9. The second-order valence-electron chi connectivity index (χ2n) is 9.19. The van der Waals surface area contributed by atoms with Crippen molar-refractivity contribution in [2.75, 3.05) is 50.3 Å². The zero-order chi connectivity index (χ0) is 25.1. The van der Waals surface area contributed by atoms with Crippen molar-refractivity contribution in [3.63, 3.8) is 0 Å². The first kappa shape index (κ1) is 23.5. The molecule has 1 aliphatic carbocycles. The Labute approximate surface area is 210 Å². The SMILES string of the molecule is N#Cc1c(-c2cccc(NC(=O)CN3CCN(CC4=CC4)CC3)c2)cc(-c2ccccc2O)nc1N. The molecular formula is C28H28N6O2. The number of allylic oxidation sites excluding steroid dienone is 1. The van der Waals surface area contributed by atoms with Crippen LogP contribution >= 0.6 is 0 Å². The molecule has 0 atom stereocenters. The van der Waals surface area contributed by atoms with Crippen LogP contribution in [0, 0.1) is 11.3 Å². The first-order chi connectivity index (χ1) is 17.5. The fourth-order valence-electron chi connectivity index (χ4n) is 4.50. The van der Waals surface area contributed by atoms with Crippen molar-refractivity contribution in [2.45, 2.75) is 6.42 Å². The maximum Gasteiger partial charge on any atom is 0.238 e. The molecule has 2 heterocycles. The third kappa shape index (κ3) is 5.38. The number of carbonyl (C=O) groups is 1. The Morgan fingerprint density at radius 2 is 1.81 bits per heavy atom. The van der Waals surface area contributed by atoms with Gasteiger partial charge < -0.3 is 16.2 Å². The highest BCUT2D eigenvalue weighted by Gasteiger charge is 2.21. The van der Waals surface area contributed by atoms with Gasteiger partial charge in [-0.2, -0.15) is 5.26 Å².